The summed E-state index contributed by atoms with van der Waals surface area (Å²) in [4.78, 5) is 0. The molecule has 118 valence electrons. The van der Waals surface area contributed by atoms with Crippen molar-refractivity contribution in [3.63, 3.8) is 0 Å². The van der Waals surface area contributed by atoms with Crippen LogP contribution >= 0.6 is 15.9 Å². The number of benzene rings is 1. The van der Waals surface area contributed by atoms with Gasteiger partial charge in [0.15, 0.2) is 0 Å². The summed E-state index contributed by atoms with van der Waals surface area (Å²) >= 11 is 3.60. The number of hydrogen-bond acceptors (Lipinski definition) is 2. The Hall–Kier alpha value is -0.540. The monoisotopic (exact) mass is 353 g/mol. The number of hydrogen-bond donors (Lipinski definition) is 1. The quantitative estimate of drug-likeness (QED) is 0.684. The molecule has 1 aromatic rings. The molecular formula is C18H28BrNO. The van der Waals surface area contributed by atoms with E-state index in [1.54, 1.807) is 0 Å². The molecule has 0 aliphatic heterocycles. The minimum Gasteiger partial charge on any atom is -0.494 e. The smallest absolute Gasteiger partial charge is 0.124 e. The molecule has 1 unspecified atom stereocenters. The van der Waals surface area contributed by atoms with Gasteiger partial charge in [-0.2, -0.15) is 0 Å². The Kier molecular flexibility index (Phi) is 7.05. The number of halogens is 1. The van der Waals surface area contributed by atoms with Crippen LogP contribution in [0.3, 0.4) is 0 Å². The van der Waals surface area contributed by atoms with E-state index in [1.165, 1.54) is 50.5 Å². The van der Waals surface area contributed by atoms with E-state index in [-0.39, 0.29) is 0 Å². The lowest BCUT2D eigenvalue weighted by Crippen LogP contribution is -2.21. The molecule has 21 heavy (non-hydrogen) atoms. The maximum Gasteiger partial charge on any atom is 0.124 e. The highest BCUT2D eigenvalue weighted by molar-refractivity contribution is 9.10. The lowest BCUT2D eigenvalue weighted by atomic mass is 9.89. The Bertz CT molecular complexity index is 427. The van der Waals surface area contributed by atoms with E-state index in [0.29, 0.717) is 12.6 Å². The number of rotatable bonds is 6. The van der Waals surface area contributed by atoms with Crippen LogP contribution < -0.4 is 10.1 Å². The molecule has 3 heteroatoms. The van der Waals surface area contributed by atoms with Crippen molar-refractivity contribution in [2.75, 3.05) is 13.7 Å². The Balaban J connectivity index is 2.13. The lowest BCUT2D eigenvalue weighted by molar-refractivity contribution is 0.320. The molecule has 1 atom stereocenters. The van der Waals surface area contributed by atoms with Crippen molar-refractivity contribution >= 4 is 15.9 Å². The van der Waals surface area contributed by atoms with Crippen LogP contribution in [0.4, 0.5) is 0 Å². The van der Waals surface area contributed by atoms with Crippen molar-refractivity contribution in [1.29, 1.82) is 0 Å². The van der Waals surface area contributed by atoms with E-state index in [1.807, 2.05) is 6.92 Å². The molecule has 1 aromatic carbocycles. The van der Waals surface area contributed by atoms with Crippen molar-refractivity contribution in [3.8, 4) is 5.75 Å². The van der Waals surface area contributed by atoms with Crippen LogP contribution in [0.5, 0.6) is 5.75 Å². The zero-order chi connectivity index (χ0) is 15.1. The first-order chi connectivity index (χ1) is 10.2. The molecule has 1 aliphatic carbocycles. The van der Waals surface area contributed by atoms with Gasteiger partial charge < -0.3 is 10.1 Å². The summed E-state index contributed by atoms with van der Waals surface area (Å²) in [6.07, 6.45) is 9.62. The summed E-state index contributed by atoms with van der Waals surface area (Å²) in [5.41, 5.74) is 1.29. The third-order valence-electron chi connectivity index (χ3n) is 4.54. The second-order valence-corrected chi connectivity index (χ2v) is 6.97. The minimum absolute atomic E-state index is 0.382. The van der Waals surface area contributed by atoms with E-state index < -0.39 is 0 Å². The highest BCUT2D eigenvalue weighted by atomic mass is 79.9. The predicted molar refractivity (Wildman–Crippen MR) is 92.9 cm³/mol. The molecule has 0 aromatic heterocycles. The second kappa shape index (κ2) is 8.79. The van der Waals surface area contributed by atoms with Gasteiger partial charge in [0.2, 0.25) is 0 Å². The number of nitrogens with one attached hydrogen (secondary N) is 1. The summed E-state index contributed by atoms with van der Waals surface area (Å²) in [6.45, 7) is 2.76. The zero-order valence-corrected chi connectivity index (χ0v) is 14.9. The van der Waals surface area contributed by atoms with Crippen molar-refractivity contribution in [2.45, 2.75) is 57.9 Å². The van der Waals surface area contributed by atoms with Gasteiger partial charge in [0.25, 0.3) is 0 Å². The summed E-state index contributed by atoms with van der Waals surface area (Å²) in [6, 6.07) is 6.74. The fourth-order valence-corrected chi connectivity index (χ4v) is 3.79. The van der Waals surface area contributed by atoms with Crippen molar-refractivity contribution in [1.82, 2.24) is 5.32 Å². The normalized spacial score (nSPS) is 18.2. The van der Waals surface area contributed by atoms with Gasteiger partial charge in [-0.1, -0.05) is 54.5 Å². The summed E-state index contributed by atoms with van der Waals surface area (Å²) < 4.78 is 6.95. The number of ether oxygens (including phenoxy) is 1. The average Bonchev–Trinajstić information content (AvgIpc) is 2.75. The molecule has 1 aliphatic rings. The first kappa shape index (κ1) is 16.8. The first-order valence-corrected chi connectivity index (χ1v) is 9.13. The van der Waals surface area contributed by atoms with Gasteiger partial charge >= 0.3 is 0 Å². The highest BCUT2D eigenvalue weighted by Gasteiger charge is 2.21. The average molecular weight is 354 g/mol. The van der Waals surface area contributed by atoms with Gasteiger partial charge in [-0.05, 0) is 44.5 Å². The molecule has 0 spiro atoms. The fourth-order valence-electron chi connectivity index (χ4n) is 3.41. The maximum atomic E-state index is 5.83. The molecule has 0 radical (unpaired) electrons. The van der Waals surface area contributed by atoms with Crippen LogP contribution in [0.1, 0.15) is 63.5 Å². The molecule has 1 saturated carbocycles. The first-order valence-electron chi connectivity index (χ1n) is 8.34. The van der Waals surface area contributed by atoms with Crippen molar-refractivity contribution in [3.05, 3.63) is 28.2 Å². The molecule has 2 nitrogen and oxygen atoms in total. The van der Waals surface area contributed by atoms with Gasteiger partial charge in [0.1, 0.15) is 5.75 Å². The van der Waals surface area contributed by atoms with Gasteiger partial charge in [-0.25, -0.2) is 0 Å². The van der Waals surface area contributed by atoms with Crippen LogP contribution in [0.2, 0.25) is 0 Å². The second-order valence-electron chi connectivity index (χ2n) is 6.05. The third kappa shape index (κ3) is 5.00. The van der Waals surface area contributed by atoms with E-state index in [9.17, 15) is 0 Å². The van der Waals surface area contributed by atoms with Gasteiger partial charge in [0.05, 0.1) is 6.61 Å². The summed E-state index contributed by atoms with van der Waals surface area (Å²) in [7, 11) is 2.07. The fraction of sp³-hybridized carbons (Fsp3) is 0.667. The molecule has 1 N–H and O–H groups in total. The molecular weight excluding hydrogens is 326 g/mol. The Morgan fingerprint density at radius 1 is 1.24 bits per heavy atom. The molecule has 1 fully saturated rings. The molecule has 0 bridgehead atoms. The summed E-state index contributed by atoms with van der Waals surface area (Å²) in [5.74, 6) is 1.87. The Labute approximate surface area is 137 Å². The maximum absolute atomic E-state index is 5.83. The lowest BCUT2D eigenvalue weighted by Gasteiger charge is -2.24. The Morgan fingerprint density at radius 3 is 2.57 bits per heavy atom. The SMILES string of the molecule is CCOc1ccc(Br)cc1C(CC1CCCCCC1)NC. The van der Waals surface area contributed by atoms with E-state index >= 15 is 0 Å². The van der Waals surface area contributed by atoms with Crippen LogP contribution in [0.15, 0.2) is 22.7 Å². The van der Waals surface area contributed by atoms with Crippen molar-refractivity contribution < 1.29 is 4.74 Å². The standard InChI is InChI=1S/C18H28BrNO/c1-3-21-18-11-10-15(19)13-16(18)17(20-2)12-14-8-6-4-5-7-9-14/h10-11,13-14,17,20H,3-9,12H2,1-2H3. The third-order valence-corrected chi connectivity index (χ3v) is 5.03. The predicted octanol–water partition coefficient (Wildman–Crippen LogP) is 5.47. The topological polar surface area (TPSA) is 21.3 Å². The Morgan fingerprint density at radius 2 is 1.95 bits per heavy atom. The van der Waals surface area contributed by atoms with Gasteiger partial charge in [-0.15, -0.1) is 0 Å². The molecule has 0 amide bonds. The van der Waals surface area contributed by atoms with Crippen LogP contribution in [0.25, 0.3) is 0 Å². The molecule has 2 rings (SSSR count). The van der Waals surface area contributed by atoms with E-state index in [2.05, 4.69) is 46.5 Å². The largest absolute Gasteiger partial charge is 0.494 e. The molecule has 0 heterocycles. The van der Waals surface area contributed by atoms with Crippen molar-refractivity contribution in [2.24, 2.45) is 5.92 Å². The van der Waals surface area contributed by atoms with Crippen LogP contribution in [-0.4, -0.2) is 13.7 Å². The van der Waals surface area contributed by atoms with Gasteiger partial charge in [0, 0.05) is 16.1 Å². The minimum atomic E-state index is 0.382. The van der Waals surface area contributed by atoms with Crippen LogP contribution in [0, 0.1) is 5.92 Å². The zero-order valence-electron chi connectivity index (χ0n) is 13.3. The highest BCUT2D eigenvalue weighted by Crippen LogP contribution is 2.35. The van der Waals surface area contributed by atoms with E-state index in [4.69, 9.17) is 4.74 Å². The van der Waals surface area contributed by atoms with E-state index in [0.717, 1.165) is 16.1 Å². The molecule has 0 saturated heterocycles. The summed E-state index contributed by atoms with van der Waals surface area (Å²) in [5, 5.41) is 3.51. The van der Waals surface area contributed by atoms with Gasteiger partial charge in [-0.3, -0.25) is 0 Å². The van der Waals surface area contributed by atoms with Crippen LogP contribution in [-0.2, 0) is 0 Å².